The van der Waals surface area contributed by atoms with Gasteiger partial charge in [0.1, 0.15) is 5.75 Å². The van der Waals surface area contributed by atoms with Gasteiger partial charge in [0.15, 0.2) is 11.5 Å². The molecule has 1 rings (SSSR count). The molecule has 0 aliphatic carbocycles. The predicted octanol–water partition coefficient (Wildman–Crippen LogP) is 3.85. The largest absolute Gasteiger partial charge is 0.493 e. The zero-order valence-electron chi connectivity index (χ0n) is 14.5. The van der Waals surface area contributed by atoms with Gasteiger partial charge in [-0.3, -0.25) is 0 Å². The molecular weight excluding hydrogens is 296 g/mol. The maximum atomic E-state index is 11.8. The lowest BCUT2D eigenvalue weighted by Gasteiger charge is -2.16. The van der Waals surface area contributed by atoms with E-state index in [1.54, 1.807) is 19.9 Å². The van der Waals surface area contributed by atoms with Crippen molar-refractivity contribution in [3.05, 3.63) is 23.8 Å². The van der Waals surface area contributed by atoms with Gasteiger partial charge in [0.25, 0.3) is 0 Å². The van der Waals surface area contributed by atoms with Crippen LogP contribution in [0.5, 0.6) is 17.2 Å². The summed E-state index contributed by atoms with van der Waals surface area (Å²) in [6.45, 7) is 10.8. The Morgan fingerprint density at radius 1 is 1.00 bits per heavy atom. The van der Waals surface area contributed by atoms with Gasteiger partial charge in [-0.1, -0.05) is 0 Å². The van der Waals surface area contributed by atoms with Crippen LogP contribution in [0.15, 0.2) is 18.2 Å². The Morgan fingerprint density at radius 2 is 1.57 bits per heavy atom. The van der Waals surface area contributed by atoms with Crippen LogP contribution >= 0.6 is 0 Å². The first-order valence-electron chi connectivity index (χ1n) is 7.97. The summed E-state index contributed by atoms with van der Waals surface area (Å²) in [6.07, 6.45) is 2.85. The molecule has 0 radical (unpaired) electrons. The standard InChI is InChI=1S/C18H26O5/c1-6-20-15-10-11-16(21-7-2)18(22-8-3)14(15)9-12-17(19)23-13(4)5/h9-13H,6-8H2,1-5H3. The van der Waals surface area contributed by atoms with E-state index in [-0.39, 0.29) is 6.10 Å². The number of carbonyl (C=O) groups is 1. The van der Waals surface area contributed by atoms with E-state index >= 15 is 0 Å². The molecule has 0 heterocycles. The third kappa shape index (κ3) is 5.85. The van der Waals surface area contributed by atoms with Crippen molar-refractivity contribution >= 4 is 12.0 Å². The molecule has 128 valence electrons. The maximum absolute atomic E-state index is 11.8. The molecule has 0 aliphatic heterocycles. The van der Waals surface area contributed by atoms with E-state index in [1.165, 1.54) is 6.08 Å². The summed E-state index contributed by atoms with van der Waals surface area (Å²) < 4.78 is 22.1. The van der Waals surface area contributed by atoms with Crippen LogP contribution in [0, 0.1) is 0 Å². The fourth-order valence-corrected chi connectivity index (χ4v) is 1.99. The van der Waals surface area contributed by atoms with Gasteiger partial charge in [0.05, 0.1) is 31.5 Å². The van der Waals surface area contributed by atoms with Crippen LogP contribution in [0.3, 0.4) is 0 Å². The number of hydrogen-bond acceptors (Lipinski definition) is 5. The third-order valence-corrected chi connectivity index (χ3v) is 2.75. The topological polar surface area (TPSA) is 54.0 Å². The van der Waals surface area contributed by atoms with Crippen LogP contribution in [0.25, 0.3) is 6.08 Å². The van der Waals surface area contributed by atoms with Crippen LogP contribution in [0.1, 0.15) is 40.2 Å². The first-order chi connectivity index (χ1) is 11.0. The molecule has 0 spiro atoms. The van der Waals surface area contributed by atoms with Crippen molar-refractivity contribution in [3.63, 3.8) is 0 Å². The van der Waals surface area contributed by atoms with Crippen LogP contribution in [0.2, 0.25) is 0 Å². The molecule has 0 N–H and O–H groups in total. The average molecular weight is 322 g/mol. The fourth-order valence-electron chi connectivity index (χ4n) is 1.99. The van der Waals surface area contributed by atoms with E-state index in [9.17, 15) is 4.79 Å². The molecule has 0 saturated heterocycles. The summed E-state index contributed by atoms with van der Waals surface area (Å²) in [6, 6.07) is 3.62. The summed E-state index contributed by atoms with van der Waals surface area (Å²) in [4.78, 5) is 11.8. The molecule has 0 aliphatic rings. The lowest BCUT2D eigenvalue weighted by atomic mass is 10.1. The highest BCUT2D eigenvalue weighted by Gasteiger charge is 2.15. The minimum atomic E-state index is -0.410. The van der Waals surface area contributed by atoms with E-state index in [4.69, 9.17) is 18.9 Å². The lowest BCUT2D eigenvalue weighted by molar-refractivity contribution is -0.141. The van der Waals surface area contributed by atoms with Crippen molar-refractivity contribution in [2.45, 2.75) is 40.7 Å². The van der Waals surface area contributed by atoms with Gasteiger partial charge in [0, 0.05) is 6.08 Å². The van der Waals surface area contributed by atoms with Crippen LogP contribution in [-0.2, 0) is 9.53 Å². The van der Waals surface area contributed by atoms with E-state index < -0.39 is 5.97 Å². The average Bonchev–Trinajstić information content (AvgIpc) is 2.49. The first kappa shape index (κ1) is 18.9. The summed E-state index contributed by atoms with van der Waals surface area (Å²) in [7, 11) is 0. The summed E-state index contributed by atoms with van der Waals surface area (Å²) in [5.41, 5.74) is 0.667. The summed E-state index contributed by atoms with van der Waals surface area (Å²) in [5.74, 6) is 1.41. The molecule has 1 aromatic rings. The SMILES string of the molecule is CCOc1ccc(OCC)c(OCC)c1C=CC(=O)OC(C)C. The smallest absolute Gasteiger partial charge is 0.331 e. The number of rotatable bonds is 9. The first-order valence-corrected chi connectivity index (χ1v) is 7.97. The number of carbonyl (C=O) groups excluding carboxylic acids is 1. The molecule has 0 unspecified atom stereocenters. The predicted molar refractivity (Wildman–Crippen MR) is 90.2 cm³/mol. The molecule has 0 aromatic heterocycles. The van der Waals surface area contributed by atoms with Gasteiger partial charge in [-0.15, -0.1) is 0 Å². The molecule has 5 heteroatoms. The van der Waals surface area contributed by atoms with Crippen LogP contribution in [-0.4, -0.2) is 31.9 Å². The van der Waals surface area contributed by atoms with E-state index in [0.717, 1.165) is 0 Å². The van der Waals surface area contributed by atoms with Crippen LogP contribution in [0.4, 0.5) is 0 Å². The van der Waals surface area contributed by atoms with E-state index in [2.05, 4.69) is 0 Å². The minimum Gasteiger partial charge on any atom is -0.493 e. The van der Waals surface area contributed by atoms with Crippen LogP contribution < -0.4 is 14.2 Å². The Labute approximate surface area is 138 Å². The second-order valence-electron chi connectivity index (χ2n) is 4.92. The third-order valence-electron chi connectivity index (χ3n) is 2.75. The zero-order chi connectivity index (χ0) is 17.2. The van der Waals surface area contributed by atoms with Crippen molar-refractivity contribution in [2.24, 2.45) is 0 Å². The van der Waals surface area contributed by atoms with Crippen molar-refractivity contribution in [2.75, 3.05) is 19.8 Å². The van der Waals surface area contributed by atoms with Gasteiger partial charge >= 0.3 is 5.97 Å². The van der Waals surface area contributed by atoms with Gasteiger partial charge in [0.2, 0.25) is 0 Å². The molecule has 5 nitrogen and oxygen atoms in total. The van der Waals surface area contributed by atoms with Crippen molar-refractivity contribution in [3.8, 4) is 17.2 Å². The molecule has 0 fully saturated rings. The Bertz CT molecular complexity index is 534. The second kappa shape index (κ2) is 9.77. The molecule has 1 aromatic carbocycles. The molecule has 0 amide bonds. The van der Waals surface area contributed by atoms with Crippen molar-refractivity contribution in [1.82, 2.24) is 0 Å². The van der Waals surface area contributed by atoms with E-state index in [1.807, 2.05) is 32.9 Å². The normalized spacial score (nSPS) is 10.9. The Kier molecular flexibility index (Phi) is 8.02. The van der Waals surface area contributed by atoms with Crippen molar-refractivity contribution in [1.29, 1.82) is 0 Å². The van der Waals surface area contributed by atoms with Crippen molar-refractivity contribution < 1.29 is 23.7 Å². The number of benzene rings is 1. The Morgan fingerprint density at radius 3 is 2.13 bits per heavy atom. The summed E-state index contributed by atoms with van der Waals surface area (Å²) in [5, 5.41) is 0. The quantitative estimate of drug-likeness (QED) is 0.510. The van der Waals surface area contributed by atoms with Gasteiger partial charge < -0.3 is 18.9 Å². The fraction of sp³-hybridized carbons (Fsp3) is 0.500. The highest BCUT2D eigenvalue weighted by atomic mass is 16.5. The lowest BCUT2D eigenvalue weighted by Crippen LogP contribution is -2.08. The second-order valence-corrected chi connectivity index (χ2v) is 4.92. The monoisotopic (exact) mass is 322 g/mol. The maximum Gasteiger partial charge on any atom is 0.331 e. The number of esters is 1. The van der Waals surface area contributed by atoms with Gasteiger partial charge in [-0.05, 0) is 52.8 Å². The van der Waals surface area contributed by atoms with Gasteiger partial charge in [-0.25, -0.2) is 4.79 Å². The Balaban J connectivity index is 3.23. The van der Waals surface area contributed by atoms with E-state index in [0.29, 0.717) is 42.6 Å². The molecule has 0 atom stereocenters. The Hall–Kier alpha value is -2.17. The molecule has 0 bridgehead atoms. The molecule has 0 saturated carbocycles. The highest BCUT2D eigenvalue weighted by Crippen LogP contribution is 2.39. The number of hydrogen-bond donors (Lipinski definition) is 0. The molecule has 23 heavy (non-hydrogen) atoms. The number of ether oxygens (including phenoxy) is 4. The van der Waals surface area contributed by atoms with Gasteiger partial charge in [-0.2, -0.15) is 0 Å². The highest BCUT2D eigenvalue weighted by molar-refractivity contribution is 5.88. The minimum absolute atomic E-state index is 0.167. The zero-order valence-corrected chi connectivity index (χ0v) is 14.5. The summed E-state index contributed by atoms with van der Waals surface area (Å²) >= 11 is 0. The molecular formula is C18H26O5.